The summed E-state index contributed by atoms with van der Waals surface area (Å²) in [6.07, 6.45) is 3.42. The van der Waals surface area contributed by atoms with Gasteiger partial charge in [-0.3, -0.25) is 4.79 Å². The van der Waals surface area contributed by atoms with Crippen LogP contribution in [-0.4, -0.2) is 57.7 Å². The number of piperidine rings is 2. The Morgan fingerprint density at radius 3 is 2.91 bits per heavy atom. The molecule has 22 heavy (non-hydrogen) atoms. The summed E-state index contributed by atoms with van der Waals surface area (Å²) in [5.74, 6) is -0.655. The molecule has 120 valence electrons. The van der Waals surface area contributed by atoms with Gasteiger partial charge in [-0.05, 0) is 19.3 Å². The quantitative estimate of drug-likeness (QED) is 0.807. The molecule has 0 spiro atoms. The standard InChI is InChI=1S/C14H20FN5O2/c15-12-13(16)17-8-18-14(12)19-6-4-10(21)9(7-19)20-5-2-1-3-11(20)22/h8-10,21H,1-7H2,(H2,16,17,18)/t9-,10-/m1/s1. The van der Waals surface area contributed by atoms with Gasteiger partial charge in [-0.2, -0.15) is 4.39 Å². The number of hydrogen-bond acceptors (Lipinski definition) is 6. The number of likely N-dealkylation sites (tertiary alicyclic amines) is 1. The molecule has 1 aromatic heterocycles. The van der Waals surface area contributed by atoms with E-state index in [0.717, 1.165) is 12.8 Å². The summed E-state index contributed by atoms with van der Waals surface area (Å²) in [6.45, 7) is 1.45. The van der Waals surface area contributed by atoms with Gasteiger partial charge >= 0.3 is 0 Å². The smallest absolute Gasteiger partial charge is 0.222 e. The monoisotopic (exact) mass is 309 g/mol. The normalized spacial score (nSPS) is 26.4. The predicted octanol–water partition coefficient (Wildman–Crippen LogP) is 0.150. The third-order valence-corrected chi connectivity index (χ3v) is 4.40. The van der Waals surface area contributed by atoms with Crippen LogP contribution in [0.3, 0.4) is 0 Å². The third kappa shape index (κ3) is 2.70. The number of nitrogens with two attached hydrogens (primary N) is 1. The average molecular weight is 309 g/mol. The molecule has 2 saturated heterocycles. The summed E-state index contributed by atoms with van der Waals surface area (Å²) in [7, 11) is 0. The van der Waals surface area contributed by atoms with Crippen molar-refractivity contribution < 1.29 is 14.3 Å². The van der Waals surface area contributed by atoms with Gasteiger partial charge < -0.3 is 20.6 Å². The number of aliphatic hydroxyl groups is 1. The van der Waals surface area contributed by atoms with Crippen LogP contribution in [0.2, 0.25) is 0 Å². The molecule has 2 fully saturated rings. The van der Waals surface area contributed by atoms with E-state index in [4.69, 9.17) is 5.73 Å². The van der Waals surface area contributed by atoms with Crippen LogP contribution in [0, 0.1) is 5.82 Å². The molecular formula is C14H20FN5O2. The van der Waals surface area contributed by atoms with Gasteiger partial charge in [-0.15, -0.1) is 0 Å². The van der Waals surface area contributed by atoms with Crippen LogP contribution in [0.4, 0.5) is 16.0 Å². The lowest BCUT2D eigenvalue weighted by atomic mass is 9.97. The van der Waals surface area contributed by atoms with Gasteiger partial charge in [0, 0.05) is 26.1 Å². The number of aromatic nitrogens is 2. The van der Waals surface area contributed by atoms with Gasteiger partial charge in [0.25, 0.3) is 0 Å². The van der Waals surface area contributed by atoms with Crippen molar-refractivity contribution >= 4 is 17.5 Å². The molecule has 2 aliphatic rings. The lowest BCUT2D eigenvalue weighted by molar-refractivity contribution is -0.138. The highest BCUT2D eigenvalue weighted by Crippen LogP contribution is 2.26. The maximum atomic E-state index is 14.1. The second-order valence-electron chi connectivity index (χ2n) is 5.81. The zero-order valence-electron chi connectivity index (χ0n) is 12.3. The van der Waals surface area contributed by atoms with Gasteiger partial charge in [0.1, 0.15) is 6.33 Å². The highest BCUT2D eigenvalue weighted by Gasteiger charge is 2.36. The van der Waals surface area contributed by atoms with Gasteiger partial charge in [-0.25, -0.2) is 9.97 Å². The number of carbonyl (C=O) groups excluding carboxylic acids is 1. The Balaban J connectivity index is 1.81. The fraction of sp³-hybridized carbons (Fsp3) is 0.643. The Morgan fingerprint density at radius 2 is 2.14 bits per heavy atom. The maximum absolute atomic E-state index is 14.1. The SMILES string of the molecule is Nc1ncnc(N2CC[C@@H](O)[C@H](N3CCCCC3=O)C2)c1F. The minimum atomic E-state index is -0.650. The molecule has 3 heterocycles. The molecule has 3 rings (SSSR count). The fourth-order valence-corrected chi connectivity index (χ4v) is 3.19. The van der Waals surface area contributed by atoms with E-state index in [1.165, 1.54) is 6.33 Å². The van der Waals surface area contributed by atoms with Crippen LogP contribution in [0.1, 0.15) is 25.7 Å². The molecule has 0 saturated carbocycles. The first-order chi connectivity index (χ1) is 10.6. The molecule has 0 unspecified atom stereocenters. The lowest BCUT2D eigenvalue weighted by Crippen LogP contribution is -2.58. The number of nitrogens with zero attached hydrogens (tertiary/aromatic N) is 4. The topological polar surface area (TPSA) is 95.6 Å². The molecule has 7 nitrogen and oxygen atoms in total. The van der Waals surface area contributed by atoms with Gasteiger partial charge in [-0.1, -0.05) is 0 Å². The number of nitrogen functional groups attached to an aromatic ring is 1. The maximum Gasteiger partial charge on any atom is 0.222 e. The van der Waals surface area contributed by atoms with E-state index in [9.17, 15) is 14.3 Å². The van der Waals surface area contributed by atoms with Crippen molar-refractivity contribution in [1.29, 1.82) is 0 Å². The molecule has 2 aliphatic heterocycles. The van der Waals surface area contributed by atoms with Crippen molar-refractivity contribution in [2.45, 2.75) is 37.8 Å². The Kier molecular flexibility index (Phi) is 4.10. The van der Waals surface area contributed by atoms with Crippen molar-refractivity contribution in [3.05, 3.63) is 12.1 Å². The molecule has 1 aromatic rings. The largest absolute Gasteiger partial charge is 0.391 e. The number of amides is 1. The summed E-state index contributed by atoms with van der Waals surface area (Å²) in [5.41, 5.74) is 5.49. The summed E-state index contributed by atoms with van der Waals surface area (Å²) in [6, 6.07) is -0.336. The molecule has 0 aliphatic carbocycles. The second-order valence-corrected chi connectivity index (χ2v) is 5.81. The zero-order valence-corrected chi connectivity index (χ0v) is 12.3. The molecule has 8 heteroatoms. The Hall–Kier alpha value is -1.96. The minimum absolute atomic E-state index is 0.0554. The molecule has 2 atom stereocenters. The Morgan fingerprint density at radius 1 is 1.32 bits per heavy atom. The van der Waals surface area contributed by atoms with Gasteiger partial charge in [0.05, 0.1) is 12.1 Å². The second kappa shape index (κ2) is 6.04. The van der Waals surface area contributed by atoms with Crippen LogP contribution in [-0.2, 0) is 4.79 Å². The van der Waals surface area contributed by atoms with E-state index in [0.29, 0.717) is 32.5 Å². The summed E-state index contributed by atoms with van der Waals surface area (Å²) in [4.78, 5) is 23.1. The number of rotatable bonds is 2. The van der Waals surface area contributed by atoms with Crippen LogP contribution in [0.25, 0.3) is 0 Å². The number of carbonyl (C=O) groups is 1. The van der Waals surface area contributed by atoms with E-state index in [1.54, 1.807) is 9.80 Å². The van der Waals surface area contributed by atoms with Gasteiger partial charge in [0.2, 0.25) is 11.7 Å². The van der Waals surface area contributed by atoms with Crippen LogP contribution < -0.4 is 10.6 Å². The number of hydrogen-bond donors (Lipinski definition) is 2. The number of aliphatic hydroxyl groups excluding tert-OH is 1. The predicted molar refractivity (Wildman–Crippen MR) is 78.6 cm³/mol. The first kappa shape index (κ1) is 15.0. The van der Waals surface area contributed by atoms with E-state index < -0.39 is 11.9 Å². The molecule has 0 bridgehead atoms. The summed E-state index contributed by atoms with van der Waals surface area (Å²) in [5, 5.41) is 10.3. The number of anilines is 2. The van der Waals surface area contributed by atoms with Crippen molar-refractivity contribution in [3.8, 4) is 0 Å². The van der Waals surface area contributed by atoms with E-state index in [-0.39, 0.29) is 23.6 Å². The first-order valence-electron chi connectivity index (χ1n) is 7.56. The van der Waals surface area contributed by atoms with Crippen molar-refractivity contribution in [2.24, 2.45) is 0 Å². The van der Waals surface area contributed by atoms with Crippen molar-refractivity contribution in [2.75, 3.05) is 30.3 Å². The summed E-state index contributed by atoms with van der Waals surface area (Å²) < 4.78 is 14.1. The molecule has 3 N–H and O–H groups in total. The summed E-state index contributed by atoms with van der Waals surface area (Å²) >= 11 is 0. The highest BCUT2D eigenvalue weighted by atomic mass is 19.1. The first-order valence-corrected chi connectivity index (χ1v) is 7.56. The lowest BCUT2D eigenvalue weighted by Gasteiger charge is -2.43. The molecule has 1 amide bonds. The van der Waals surface area contributed by atoms with Gasteiger partial charge in [0.15, 0.2) is 11.6 Å². The van der Waals surface area contributed by atoms with Crippen molar-refractivity contribution in [1.82, 2.24) is 14.9 Å². The molecular weight excluding hydrogens is 289 g/mol. The van der Waals surface area contributed by atoms with E-state index >= 15 is 0 Å². The molecule has 0 aromatic carbocycles. The highest BCUT2D eigenvalue weighted by molar-refractivity contribution is 5.77. The zero-order chi connectivity index (χ0) is 15.7. The Bertz CT molecular complexity index is 570. The van der Waals surface area contributed by atoms with Crippen LogP contribution >= 0.6 is 0 Å². The van der Waals surface area contributed by atoms with E-state index in [2.05, 4.69) is 9.97 Å². The van der Waals surface area contributed by atoms with Crippen molar-refractivity contribution in [3.63, 3.8) is 0 Å². The molecule has 0 radical (unpaired) electrons. The van der Waals surface area contributed by atoms with Crippen LogP contribution in [0.5, 0.6) is 0 Å². The minimum Gasteiger partial charge on any atom is -0.391 e. The number of halogens is 1. The third-order valence-electron chi connectivity index (χ3n) is 4.40. The van der Waals surface area contributed by atoms with E-state index in [1.807, 2.05) is 0 Å². The van der Waals surface area contributed by atoms with Crippen LogP contribution in [0.15, 0.2) is 6.33 Å². The fourth-order valence-electron chi connectivity index (χ4n) is 3.19. The Labute approximate surface area is 127 Å². The average Bonchev–Trinajstić information content (AvgIpc) is 2.52.